The van der Waals surface area contributed by atoms with Crippen molar-refractivity contribution < 1.29 is 14.1 Å². The van der Waals surface area contributed by atoms with Crippen LogP contribution < -0.4 is 10.5 Å². The third kappa shape index (κ3) is 2.68. The topological polar surface area (TPSA) is 104 Å². The van der Waals surface area contributed by atoms with Gasteiger partial charge in [0.25, 0.3) is 0 Å². The van der Waals surface area contributed by atoms with Crippen molar-refractivity contribution in [3.63, 3.8) is 0 Å². The van der Waals surface area contributed by atoms with E-state index >= 15 is 0 Å². The van der Waals surface area contributed by atoms with E-state index in [0.717, 1.165) is 24.5 Å². The van der Waals surface area contributed by atoms with Crippen LogP contribution >= 0.6 is 11.6 Å². The SMILES string of the molecule is Nc1ncnc(Oc2ccc(F)cc2[N+](=O)[O-])c1Cl. The van der Waals surface area contributed by atoms with Crippen molar-refractivity contribution in [3.05, 3.63) is 45.5 Å². The van der Waals surface area contributed by atoms with Gasteiger partial charge in [-0.15, -0.1) is 0 Å². The maximum Gasteiger partial charge on any atom is 0.314 e. The first-order chi connectivity index (χ1) is 8.99. The van der Waals surface area contributed by atoms with Gasteiger partial charge in [-0.05, 0) is 12.1 Å². The molecule has 1 aromatic carbocycles. The van der Waals surface area contributed by atoms with E-state index in [1.165, 1.54) is 0 Å². The molecule has 19 heavy (non-hydrogen) atoms. The summed E-state index contributed by atoms with van der Waals surface area (Å²) in [7, 11) is 0. The molecule has 0 saturated carbocycles. The van der Waals surface area contributed by atoms with Crippen molar-refractivity contribution in [2.75, 3.05) is 5.73 Å². The maximum atomic E-state index is 13.0. The minimum Gasteiger partial charge on any atom is -0.430 e. The lowest BCUT2D eigenvalue weighted by Gasteiger charge is -2.07. The molecule has 0 fully saturated rings. The Labute approximate surface area is 111 Å². The fraction of sp³-hybridized carbons (Fsp3) is 0. The number of nitrogens with zero attached hydrogens (tertiary/aromatic N) is 3. The molecule has 7 nitrogen and oxygen atoms in total. The predicted molar refractivity (Wildman–Crippen MR) is 64.6 cm³/mol. The zero-order valence-corrected chi connectivity index (χ0v) is 9.96. The zero-order chi connectivity index (χ0) is 14.0. The summed E-state index contributed by atoms with van der Waals surface area (Å²) in [5.41, 5.74) is 4.89. The number of ether oxygens (including phenoxy) is 1. The van der Waals surface area contributed by atoms with Gasteiger partial charge in [-0.1, -0.05) is 11.6 Å². The van der Waals surface area contributed by atoms with Crippen LogP contribution in [0, 0.1) is 15.9 Å². The number of hydrogen-bond acceptors (Lipinski definition) is 6. The lowest BCUT2D eigenvalue weighted by Crippen LogP contribution is -1.99. The standard InChI is InChI=1S/C10H6ClFN4O3/c11-8-9(13)14-4-15-10(8)19-7-2-1-5(12)3-6(7)16(17)18/h1-4H,(H2,13,14,15). The van der Waals surface area contributed by atoms with E-state index in [4.69, 9.17) is 22.1 Å². The number of nitrogens with two attached hydrogens (primary N) is 1. The lowest BCUT2D eigenvalue weighted by molar-refractivity contribution is -0.385. The van der Waals surface area contributed by atoms with Crippen LogP contribution in [0.2, 0.25) is 5.02 Å². The number of rotatable bonds is 3. The molecule has 0 spiro atoms. The van der Waals surface area contributed by atoms with Crippen LogP contribution in [-0.4, -0.2) is 14.9 Å². The van der Waals surface area contributed by atoms with Crippen molar-refractivity contribution in [3.8, 4) is 11.6 Å². The third-order valence-electron chi connectivity index (χ3n) is 2.11. The lowest BCUT2D eigenvalue weighted by atomic mass is 10.3. The van der Waals surface area contributed by atoms with Gasteiger partial charge in [0.05, 0.1) is 11.0 Å². The Kier molecular flexibility index (Phi) is 3.43. The first kappa shape index (κ1) is 13.0. The van der Waals surface area contributed by atoms with Crippen LogP contribution in [0.3, 0.4) is 0 Å². The van der Waals surface area contributed by atoms with Gasteiger partial charge >= 0.3 is 5.69 Å². The third-order valence-corrected chi connectivity index (χ3v) is 2.46. The highest BCUT2D eigenvalue weighted by Crippen LogP contribution is 2.35. The first-order valence-corrected chi connectivity index (χ1v) is 5.24. The molecule has 2 aromatic rings. The van der Waals surface area contributed by atoms with Crippen LogP contribution in [-0.2, 0) is 0 Å². The monoisotopic (exact) mass is 284 g/mol. The number of benzene rings is 1. The molecule has 0 aliphatic heterocycles. The second-order valence-electron chi connectivity index (χ2n) is 3.35. The summed E-state index contributed by atoms with van der Waals surface area (Å²) >= 11 is 5.79. The second kappa shape index (κ2) is 5.02. The van der Waals surface area contributed by atoms with Crippen molar-refractivity contribution in [1.29, 1.82) is 0 Å². The van der Waals surface area contributed by atoms with E-state index in [9.17, 15) is 14.5 Å². The van der Waals surface area contributed by atoms with Gasteiger partial charge in [0.2, 0.25) is 11.6 Å². The molecule has 0 aliphatic carbocycles. The number of aromatic nitrogens is 2. The normalized spacial score (nSPS) is 10.2. The number of nitrogen functional groups attached to an aromatic ring is 1. The fourth-order valence-corrected chi connectivity index (χ4v) is 1.40. The van der Waals surface area contributed by atoms with Gasteiger partial charge in [-0.3, -0.25) is 10.1 Å². The summed E-state index contributed by atoms with van der Waals surface area (Å²) in [5, 5.41) is 10.7. The minimum atomic E-state index is -0.781. The average molecular weight is 285 g/mol. The summed E-state index contributed by atoms with van der Waals surface area (Å²) in [4.78, 5) is 17.3. The first-order valence-electron chi connectivity index (χ1n) is 4.87. The molecule has 0 atom stereocenters. The van der Waals surface area contributed by atoms with Crippen LogP contribution in [0.25, 0.3) is 0 Å². The van der Waals surface area contributed by atoms with Crippen LogP contribution in [0.1, 0.15) is 0 Å². The Morgan fingerprint density at radius 2 is 2.16 bits per heavy atom. The van der Waals surface area contributed by atoms with Gasteiger partial charge in [0.1, 0.15) is 23.0 Å². The van der Waals surface area contributed by atoms with Crippen molar-refractivity contribution >= 4 is 23.1 Å². The summed E-state index contributed by atoms with van der Waals surface area (Å²) < 4.78 is 18.1. The number of nitro benzene ring substituents is 1. The molecular weight excluding hydrogens is 279 g/mol. The molecule has 2 N–H and O–H groups in total. The van der Waals surface area contributed by atoms with Gasteiger partial charge in [-0.2, -0.15) is 4.98 Å². The largest absolute Gasteiger partial charge is 0.430 e. The van der Waals surface area contributed by atoms with E-state index < -0.39 is 16.4 Å². The maximum absolute atomic E-state index is 13.0. The Morgan fingerprint density at radius 3 is 2.84 bits per heavy atom. The molecule has 0 radical (unpaired) electrons. The Balaban J connectivity index is 2.44. The van der Waals surface area contributed by atoms with E-state index in [-0.39, 0.29) is 22.5 Å². The number of hydrogen-bond donors (Lipinski definition) is 1. The predicted octanol–water partition coefficient (Wildman–Crippen LogP) is 2.55. The quantitative estimate of drug-likeness (QED) is 0.686. The van der Waals surface area contributed by atoms with Crippen molar-refractivity contribution in [2.24, 2.45) is 0 Å². The second-order valence-corrected chi connectivity index (χ2v) is 3.73. The summed E-state index contributed by atoms with van der Waals surface area (Å²) in [6, 6.07) is 2.84. The number of halogens is 2. The van der Waals surface area contributed by atoms with E-state index in [1.54, 1.807) is 0 Å². The summed E-state index contributed by atoms with van der Waals surface area (Å²) in [6.45, 7) is 0. The molecule has 98 valence electrons. The van der Waals surface area contributed by atoms with Crippen LogP contribution in [0.4, 0.5) is 15.9 Å². The Hall–Kier alpha value is -2.48. The molecule has 1 heterocycles. The Bertz CT molecular complexity index is 653. The molecule has 2 rings (SSSR count). The summed E-state index contributed by atoms with van der Waals surface area (Å²) in [6.07, 6.45) is 1.09. The van der Waals surface area contributed by atoms with Crippen molar-refractivity contribution in [1.82, 2.24) is 9.97 Å². The minimum absolute atomic E-state index is 0.0311. The molecule has 0 unspecified atom stereocenters. The zero-order valence-electron chi connectivity index (χ0n) is 9.21. The summed E-state index contributed by atoms with van der Waals surface area (Å²) in [5.74, 6) is -1.14. The van der Waals surface area contributed by atoms with Crippen LogP contribution in [0.5, 0.6) is 11.6 Å². The number of nitro groups is 1. The van der Waals surface area contributed by atoms with Gasteiger partial charge < -0.3 is 10.5 Å². The van der Waals surface area contributed by atoms with Gasteiger partial charge in [0.15, 0.2) is 0 Å². The number of anilines is 1. The molecule has 1 aromatic heterocycles. The van der Waals surface area contributed by atoms with E-state index in [1.807, 2.05) is 0 Å². The van der Waals surface area contributed by atoms with Crippen molar-refractivity contribution in [2.45, 2.75) is 0 Å². The smallest absolute Gasteiger partial charge is 0.314 e. The van der Waals surface area contributed by atoms with Gasteiger partial charge in [-0.25, -0.2) is 9.37 Å². The van der Waals surface area contributed by atoms with E-state index in [2.05, 4.69) is 9.97 Å². The molecule has 0 aliphatic rings. The molecular formula is C10H6ClFN4O3. The molecule has 0 bridgehead atoms. The van der Waals surface area contributed by atoms with Crippen LogP contribution in [0.15, 0.2) is 24.5 Å². The molecule has 0 amide bonds. The molecule has 0 saturated heterocycles. The highest BCUT2D eigenvalue weighted by atomic mass is 35.5. The Morgan fingerprint density at radius 1 is 1.42 bits per heavy atom. The highest BCUT2D eigenvalue weighted by molar-refractivity contribution is 6.34. The molecule has 9 heteroatoms. The van der Waals surface area contributed by atoms with Gasteiger partial charge in [0, 0.05) is 0 Å². The average Bonchev–Trinajstić information content (AvgIpc) is 2.36. The fourth-order valence-electron chi connectivity index (χ4n) is 1.26. The highest BCUT2D eigenvalue weighted by Gasteiger charge is 2.19. The van der Waals surface area contributed by atoms with E-state index in [0.29, 0.717) is 0 Å².